The molecule has 0 radical (unpaired) electrons. The number of nitrogens with one attached hydrogen (secondary N) is 4. The molecule has 0 unspecified atom stereocenters. The molecule has 0 aromatic heterocycles. The number of carboxylic acid groups (broad SMARTS) is 1. The Bertz CT molecular complexity index is 854. The van der Waals surface area contributed by atoms with Crippen LogP contribution in [0.5, 0.6) is 0 Å². The second-order valence-electron chi connectivity index (χ2n) is 10.2. The van der Waals surface area contributed by atoms with Gasteiger partial charge in [0.05, 0.1) is 6.04 Å². The van der Waals surface area contributed by atoms with E-state index in [2.05, 4.69) is 21.3 Å². The molecule has 5 N–H and O–H groups in total. The number of carbonyl (C=O) groups excluding carboxylic acids is 3. The number of carboxylic acids is 1. The van der Waals surface area contributed by atoms with Crippen LogP contribution in [0.4, 0.5) is 10.5 Å². The number of benzene rings is 1. The van der Waals surface area contributed by atoms with Gasteiger partial charge < -0.3 is 25.8 Å². The van der Waals surface area contributed by atoms with Crippen molar-refractivity contribution in [2.45, 2.75) is 91.0 Å². The number of hydrogen-bond acceptors (Lipinski definition) is 6. The first kappa shape index (κ1) is 30.9. The zero-order valence-electron chi connectivity index (χ0n) is 22.2. The summed E-state index contributed by atoms with van der Waals surface area (Å²) >= 11 is 0. The van der Waals surface area contributed by atoms with Gasteiger partial charge in [-0.25, -0.2) is 4.79 Å². The Kier molecular flexibility index (Phi) is 12.9. The van der Waals surface area contributed by atoms with Gasteiger partial charge in [0.25, 0.3) is 0 Å². The Morgan fingerprint density at radius 2 is 1.58 bits per heavy atom. The van der Waals surface area contributed by atoms with Crippen molar-refractivity contribution in [3.63, 3.8) is 0 Å². The number of anilines is 1. The van der Waals surface area contributed by atoms with Crippen LogP contribution in [0.25, 0.3) is 0 Å². The van der Waals surface area contributed by atoms with E-state index in [4.69, 9.17) is 4.74 Å². The number of unbranched alkanes of at least 4 members (excludes halogenated alkanes) is 1. The molecule has 202 valence electrons. The van der Waals surface area contributed by atoms with Gasteiger partial charge in [-0.2, -0.15) is 0 Å². The highest BCUT2D eigenvalue weighted by Gasteiger charge is 2.28. The summed E-state index contributed by atoms with van der Waals surface area (Å²) in [4.78, 5) is 49.2. The van der Waals surface area contributed by atoms with Crippen LogP contribution in [-0.2, 0) is 19.1 Å². The third kappa shape index (κ3) is 13.1. The van der Waals surface area contributed by atoms with E-state index in [0.29, 0.717) is 37.9 Å². The fraction of sp³-hybridized carbons (Fsp3) is 0.615. The third-order valence-corrected chi connectivity index (χ3v) is 5.11. The van der Waals surface area contributed by atoms with E-state index in [0.717, 1.165) is 0 Å². The summed E-state index contributed by atoms with van der Waals surface area (Å²) in [6, 6.07) is 6.40. The van der Waals surface area contributed by atoms with E-state index in [1.807, 2.05) is 19.9 Å². The summed E-state index contributed by atoms with van der Waals surface area (Å²) < 4.78 is 5.19. The molecule has 0 spiro atoms. The number of hydrogen-bond donors (Lipinski definition) is 5. The molecule has 0 fully saturated rings. The number of ether oxygens (including phenoxy) is 1. The Balaban J connectivity index is 2.77. The highest BCUT2D eigenvalue weighted by Crippen LogP contribution is 2.12. The number of alkyl carbamates (subject to hydrolysis) is 1. The van der Waals surface area contributed by atoms with Crippen molar-refractivity contribution in [1.82, 2.24) is 16.0 Å². The van der Waals surface area contributed by atoms with Crippen molar-refractivity contribution < 1.29 is 29.0 Å². The lowest BCUT2D eigenvalue weighted by molar-refractivity contribution is -0.139. The summed E-state index contributed by atoms with van der Waals surface area (Å²) in [5, 5.41) is 20.4. The van der Waals surface area contributed by atoms with Gasteiger partial charge in [0.1, 0.15) is 17.7 Å². The monoisotopic (exact) mass is 506 g/mol. The topological polar surface area (TPSA) is 146 Å². The van der Waals surface area contributed by atoms with Gasteiger partial charge in [-0.15, -0.1) is 0 Å². The molecule has 36 heavy (non-hydrogen) atoms. The van der Waals surface area contributed by atoms with Gasteiger partial charge in [-0.1, -0.05) is 32.0 Å². The maximum absolute atomic E-state index is 13.1. The molecule has 0 heterocycles. The minimum Gasteiger partial charge on any atom is -0.480 e. The first-order valence-corrected chi connectivity index (χ1v) is 12.4. The van der Waals surface area contributed by atoms with Crippen LogP contribution < -0.4 is 21.3 Å². The average Bonchev–Trinajstić information content (AvgIpc) is 2.76. The molecule has 3 amide bonds. The molecule has 0 saturated carbocycles. The second-order valence-corrected chi connectivity index (χ2v) is 10.2. The minimum absolute atomic E-state index is 0.139. The summed E-state index contributed by atoms with van der Waals surface area (Å²) in [7, 11) is 0. The SMILES string of the molecule is CC(C)C[C@H](NC(=O)[C@H](CCCCNC(=O)OC(C)(C)C)N[C@H](C)C(=O)O)C(=O)Nc1ccccc1. The fourth-order valence-electron chi connectivity index (χ4n) is 3.37. The molecule has 0 aliphatic rings. The van der Waals surface area contributed by atoms with Crippen LogP contribution in [0.1, 0.15) is 67.2 Å². The quantitative estimate of drug-likeness (QED) is 0.243. The lowest BCUT2D eigenvalue weighted by atomic mass is 10.0. The lowest BCUT2D eigenvalue weighted by Gasteiger charge is -2.25. The molecule has 10 nitrogen and oxygen atoms in total. The molecule has 1 aromatic carbocycles. The van der Waals surface area contributed by atoms with Crippen LogP contribution in [0, 0.1) is 5.92 Å². The van der Waals surface area contributed by atoms with E-state index < -0.39 is 41.7 Å². The molecular formula is C26H42N4O6. The van der Waals surface area contributed by atoms with Crippen LogP contribution in [0.3, 0.4) is 0 Å². The summed E-state index contributed by atoms with van der Waals surface area (Å²) in [6.07, 6.45) is 1.34. The number of amides is 3. The Hall–Kier alpha value is -3.14. The molecule has 0 saturated heterocycles. The van der Waals surface area contributed by atoms with E-state index in [-0.39, 0.29) is 11.8 Å². The van der Waals surface area contributed by atoms with E-state index in [1.165, 1.54) is 6.92 Å². The normalized spacial score (nSPS) is 13.9. The molecule has 0 bridgehead atoms. The van der Waals surface area contributed by atoms with Crippen molar-refractivity contribution in [2.24, 2.45) is 5.92 Å². The number of rotatable bonds is 14. The van der Waals surface area contributed by atoms with Gasteiger partial charge in [-0.05, 0) is 71.4 Å². The van der Waals surface area contributed by atoms with Crippen molar-refractivity contribution in [1.29, 1.82) is 0 Å². The molecule has 1 aromatic rings. The Morgan fingerprint density at radius 1 is 0.944 bits per heavy atom. The van der Waals surface area contributed by atoms with Crippen molar-refractivity contribution in [3.05, 3.63) is 30.3 Å². The molecular weight excluding hydrogens is 464 g/mol. The van der Waals surface area contributed by atoms with E-state index in [9.17, 15) is 24.3 Å². The van der Waals surface area contributed by atoms with E-state index >= 15 is 0 Å². The maximum Gasteiger partial charge on any atom is 0.407 e. The first-order chi connectivity index (χ1) is 16.8. The van der Waals surface area contributed by atoms with Crippen molar-refractivity contribution >= 4 is 29.6 Å². The lowest BCUT2D eigenvalue weighted by Crippen LogP contribution is -2.54. The molecule has 10 heteroatoms. The van der Waals surface area contributed by atoms with Crippen molar-refractivity contribution in [3.8, 4) is 0 Å². The fourth-order valence-corrected chi connectivity index (χ4v) is 3.37. The van der Waals surface area contributed by atoms with E-state index in [1.54, 1.807) is 45.0 Å². The summed E-state index contributed by atoms with van der Waals surface area (Å²) in [6.45, 7) is 11.0. The van der Waals surface area contributed by atoms with Crippen LogP contribution in [0.15, 0.2) is 30.3 Å². The predicted octanol–water partition coefficient (Wildman–Crippen LogP) is 3.28. The smallest absolute Gasteiger partial charge is 0.407 e. The second kappa shape index (κ2) is 15.1. The molecule has 0 aliphatic heterocycles. The zero-order valence-corrected chi connectivity index (χ0v) is 22.2. The van der Waals surface area contributed by atoms with Gasteiger partial charge >= 0.3 is 12.1 Å². The minimum atomic E-state index is -1.08. The largest absolute Gasteiger partial charge is 0.480 e. The number of aliphatic carboxylic acids is 1. The van der Waals surface area contributed by atoms with Crippen LogP contribution >= 0.6 is 0 Å². The highest BCUT2D eigenvalue weighted by atomic mass is 16.6. The molecule has 3 atom stereocenters. The standard InChI is InChI=1S/C26H42N4O6/c1-17(2)16-21(23(32)29-19-12-8-7-9-13-19)30-22(31)20(28-18(3)24(33)34)14-10-11-15-27-25(35)36-26(4,5)6/h7-9,12-13,17-18,20-21,28H,10-11,14-16H2,1-6H3,(H,27,35)(H,29,32)(H,30,31)(H,33,34)/t18-,20+,21+/m1/s1. The first-order valence-electron chi connectivity index (χ1n) is 12.4. The summed E-state index contributed by atoms with van der Waals surface area (Å²) in [5.74, 6) is -1.73. The number of para-hydroxylation sites is 1. The van der Waals surface area contributed by atoms with Crippen LogP contribution in [-0.4, -0.2) is 59.3 Å². The van der Waals surface area contributed by atoms with Crippen molar-refractivity contribution in [2.75, 3.05) is 11.9 Å². The maximum atomic E-state index is 13.1. The Morgan fingerprint density at radius 3 is 2.14 bits per heavy atom. The van der Waals surface area contributed by atoms with Gasteiger partial charge in [-0.3, -0.25) is 19.7 Å². The highest BCUT2D eigenvalue weighted by molar-refractivity contribution is 5.97. The zero-order chi connectivity index (χ0) is 27.3. The number of carbonyl (C=O) groups is 4. The third-order valence-electron chi connectivity index (χ3n) is 5.11. The molecule has 1 rings (SSSR count). The average molecular weight is 507 g/mol. The Labute approximate surface area is 213 Å². The van der Waals surface area contributed by atoms with Gasteiger partial charge in [0, 0.05) is 12.2 Å². The summed E-state index contributed by atoms with van der Waals surface area (Å²) in [5.41, 5.74) is 0.0286. The van der Waals surface area contributed by atoms with Gasteiger partial charge in [0.2, 0.25) is 11.8 Å². The van der Waals surface area contributed by atoms with Crippen LogP contribution in [0.2, 0.25) is 0 Å². The van der Waals surface area contributed by atoms with Gasteiger partial charge in [0.15, 0.2) is 0 Å². The molecule has 0 aliphatic carbocycles. The predicted molar refractivity (Wildman–Crippen MR) is 139 cm³/mol.